The Bertz CT molecular complexity index is 562. The highest BCUT2D eigenvalue weighted by molar-refractivity contribution is 9.10. The number of amides is 1. The topological polar surface area (TPSA) is 46.2 Å². The van der Waals surface area contributed by atoms with Gasteiger partial charge in [0, 0.05) is 17.2 Å². The van der Waals surface area contributed by atoms with Crippen molar-refractivity contribution >= 4 is 33.3 Å². The maximum atomic E-state index is 12.5. The molecule has 1 atom stereocenters. The number of rotatable bonds is 8. The van der Waals surface area contributed by atoms with E-state index in [2.05, 4.69) is 28.2 Å². The van der Waals surface area contributed by atoms with E-state index in [9.17, 15) is 9.59 Å². The van der Waals surface area contributed by atoms with Crippen LogP contribution in [-0.2, 0) is 4.79 Å². The fourth-order valence-corrected chi connectivity index (χ4v) is 3.80. The molecule has 0 aliphatic heterocycles. The first-order valence-electron chi connectivity index (χ1n) is 9.64. The first kappa shape index (κ1) is 20.2. The molecule has 2 rings (SSSR count). The number of ketones is 1. The maximum absolute atomic E-state index is 12.5. The molecule has 1 amide bonds. The van der Waals surface area contributed by atoms with Crippen molar-refractivity contribution in [1.82, 2.24) is 0 Å². The Labute approximate surface area is 160 Å². The van der Waals surface area contributed by atoms with Crippen LogP contribution in [0.5, 0.6) is 0 Å². The molecule has 0 saturated heterocycles. The Hall–Kier alpha value is -1.16. The minimum Gasteiger partial charge on any atom is -0.326 e. The molecule has 1 aromatic rings. The van der Waals surface area contributed by atoms with Crippen molar-refractivity contribution in [2.75, 3.05) is 5.32 Å². The fourth-order valence-electron chi connectivity index (χ4n) is 3.53. The minimum absolute atomic E-state index is 0.0887. The van der Waals surface area contributed by atoms with Crippen molar-refractivity contribution in [3.63, 3.8) is 0 Å². The van der Waals surface area contributed by atoms with Gasteiger partial charge in [-0.05, 0) is 62.3 Å². The monoisotopic (exact) mass is 407 g/mol. The number of halogens is 1. The Morgan fingerprint density at radius 1 is 1.12 bits per heavy atom. The number of Topliss-reactive ketones (excluding diaryl/α,β-unsaturated/α-hetero) is 1. The lowest BCUT2D eigenvalue weighted by atomic mass is 9.79. The van der Waals surface area contributed by atoms with Crippen molar-refractivity contribution in [3.8, 4) is 0 Å². The van der Waals surface area contributed by atoms with Crippen molar-refractivity contribution in [1.29, 1.82) is 0 Å². The first-order valence-corrected chi connectivity index (χ1v) is 10.6. The first-order chi connectivity index (χ1) is 12.0. The molecule has 0 heterocycles. The van der Waals surface area contributed by atoms with Crippen molar-refractivity contribution in [3.05, 3.63) is 29.8 Å². The van der Waals surface area contributed by atoms with Crippen LogP contribution in [0.3, 0.4) is 0 Å². The van der Waals surface area contributed by atoms with Gasteiger partial charge >= 0.3 is 0 Å². The lowest BCUT2D eigenvalue weighted by Crippen LogP contribution is -2.27. The third kappa shape index (κ3) is 5.95. The molecule has 1 aliphatic rings. The van der Waals surface area contributed by atoms with E-state index in [0.717, 1.165) is 30.9 Å². The van der Waals surface area contributed by atoms with E-state index in [1.54, 1.807) is 12.1 Å². The second-order valence-electron chi connectivity index (χ2n) is 7.17. The summed E-state index contributed by atoms with van der Waals surface area (Å²) in [6.45, 7) is 4.21. The van der Waals surface area contributed by atoms with Crippen molar-refractivity contribution in [2.45, 2.75) is 70.0 Å². The van der Waals surface area contributed by atoms with E-state index in [1.807, 2.05) is 19.1 Å². The average Bonchev–Trinajstić information content (AvgIpc) is 2.66. The van der Waals surface area contributed by atoms with E-state index in [1.165, 1.54) is 32.1 Å². The van der Waals surface area contributed by atoms with Gasteiger partial charge in [-0.25, -0.2) is 0 Å². The Morgan fingerprint density at radius 3 is 2.32 bits per heavy atom. The highest BCUT2D eigenvalue weighted by atomic mass is 79.9. The molecule has 0 aromatic heterocycles. The Morgan fingerprint density at radius 2 is 1.76 bits per heavy atom. The standard InChI is InChI=1S/C21H30BrNO2/c1-3-5-6-15-7-9-17(10-8-15)21(25)23-18-13-11-16(12-14-18)20(24)19(22)4-2/h11-15,17,19H,3-10H2,1-2H3,(H,23,25). The second kappa shape index (κ2) is 10.1. The van der Waals surface area contributed by atoms with Crippen LogP contribution >= 0.6 is 15.9 Å². The molecule has 0 bridgehead atoms. The molecular formula is C21H30BrNO2. The van der Waals surface area contributed by atoms with Gasteiger partial charge in [-0.2, -0.15) is 0 Å². The quantitative estimate of drug-likeness (QED) is 0.425. The normalized spacial score (nSPS) is 21.6. The smallest absolute Gasteiger partial charge is 0.227 e. The molecule has 1 aromatic carbocycles. The predicted octanol–water partition coefficient (Wildman–Crippen LogP) is 5.98. The van der Waals surface area contributed by atoms with E-state index >= 15 is 0 Å². The Balaban J connectivity index is 1.84. The van der Waals surface area contributed by atoms with Crippen LogP contribution in [0, 0.1) is 11.8 Å². The molecule has 1 aliphatic carbocycles. The van der Waals surface area contributed by atoms with E-state index < -0.39 is 0 Å². The third-order valence-corrected chi connectivity index (χ3v) is 6.33. The van der Waals surface area contributed by atoms with Crippen LogP contribution in [0.1, 0.15) is 75.6 Å². The largest absolute Gasteiger partial charge is 0.326 e. The van der Waals surface area contributed by atoms with Crippen LogP contribution in [-0.4, -0.2) is 16.5 Å². The predicted molar refractivity (Wildman–Crippen MR) is 107 cm³/mol. The minimum atomic E-state index is -0.143. The van der Waals surface area contributed by atoms with Gasteiger partial charge in [0.25, 0.3) is 0 Å². The molecule has 1 saturated carbocycles. The lowest BCUT2D eigenvalue weighted by Gasteiger charge is -2.27. The van der Waals surface area contributed by atoms with Crippen LogP contribution in [0.2, 0.25) is 0 Å². The second-order valence-corrected chi connectivity index (χ2v) is 8.27. The molecule has 1 unspecified atom stereocenters. The molecule has 4 heteroatoms. The summed E-state index contributed by atoms with van der Waals surface area (Å²) < 4.78 is 0. The molecule has 1 N–H and O–H groups in total. The number of hydrogen-bond donors (Lipinski definition) is 1. The molecule has 3 nitrogen and oxygen atoms in total. The molecular weight excluding hydrogens is 378 g/mol. The van der Waals surface area contributed by atoms with Crippen LogP contribution < -0.4 is 5.32 Å². The summed E-state index contributed by atoms with van der Waals surface area (Å²) in [4.78, 5) is 24.5. The molecule has 1 fully saturated rings. The number of carbonyl (C=O) groups is 2. The number of benzene rings is 1. The van der Waals surface area contributed by atoms with Crippen LogP contribution in [0.15, 0.2) is 24.3 Å². The maximum Gasteiger partial charge on any atom is 0.227 e. The highest BCUT2D eigenvalue weighted by Gasteiger charge is 2.26. The van der Waals surface area contributed by atoms with Gasteiger partial charge in [-0.15, -0.1) is 0 Å². The summed E-state index contributed by atoms with van der Waals surface area (Å²) in [5.41, 5.74) is 1.45. The average molecular weight is 408 g/mol. The summed E-state index contributed by atoms with van der Waals surface area (Å²) >= 11 is 3.39. The van der Waals surface area contributed by atoms with Gasteiger partial charge in [0.2, 0.25) is 5.91 Å². The number of nitrogens with one attached hydrogen (secondary N) is 1. The molecule has 25 heavy (non-hydrogen) atoms. The van der Waals surface area contributed by atoms with E-state index in [4.69, 9.17) is 0 Å². The van der Waals surface area contributed by atoms with Crippen molar-refractivity contribution in [2.24, 2.45) is 11.8 Å². The fraction of sp³-hybridized carbons (Fsp3) is 0.619. The van der Waals surface area contributed by atoms with Gasteiger partial charge in [-0.1, -0.05) is 49.0 Å². The summed E-state index contributed by atoms with van der Waals surface area (Å²) in [5, 5.41) is 3.02. The number of anilines is 1. The number of unbranched alkanes of at least 4 members (excludes halogenated alkanes) is 1. The molecule has 0 spiro atoms. The zero-order chi connectivity index (χ0) is 18.2. The van der Waals surface area contributed by atoms with Gasteiger partial charge in [-0.3, -0.25) is 9.59 Å². The summed E-state index contributed by atoms with van der Waals surface area (Å²) in [7, 11) is 0. The van der Waals surface area contributed by atoms with Crippen molar-refractivity contribution < 1.29 is 9.59 Å². The van der Waals surface area contributed by atoms with Gasteiger partial charge in [0.05, 0.1) is 4.83 Å². The zero-order valence-electron chi connectivity index (χ0n) is 15.4. The zero-order valence-corrected chi connectivity index (χ0v) is 17.0. The van der Waals surface area contributed by atoms with Crippen LogP contribution in [0.4, 0.5) is 5.69 Å². The highest BCUT2D eigenvalue weighted by Crippen LogP contribution is 2.32. The lowest BCUT2D eigenvalue weighted by molar-refractivity contribution is -0.121. The van der Waals surface area contributed by atoms with Gasteiger partial charge in [0.15, 0.2) is 5.78 Å². The van der Waals surface area contributed by atoms with E-state index in [0.29, 0.717) is 5.56 Å². The molecule has 0 radical (unpaired) electrons. The van der Waals surface area contributed by atoms with Gasteiger partial charge in [0.1, 0.15) is 0 Å². The molecule has 138 valence electrons. The summed E-state index contributed by atoms with van der Waals surface area (Å²) in [6.07, 6.45) is 8.99. The van der Waals surface area contributed by atoms with Gasteiger partial charge < -0.3 is 5.32 Å². The van der Waals surface area contributed by atoms with E-state index in [-0.39, 0.29) is 22.4 Å². The number of carbonyl (C=O) groups excluding carboxylic acids is 2. The third-order valence-electron chi connectivity index (χ3n) is 5.26. The number of hydrogen-bond acceptors (Lipinski definition) is 2. The van der Waals surface area contributed by atoms with Crippen LogP contribution in [0.25, 0.3) is 0 Å². The summed E-state index contributed by atoms with van der Waals surface area (Å²) in [6, 6.07) is 7.24. The SMILES string of the molecule is CCCCC1CCC(C(=O)Nc2ccc(C(=O)C(Br)CC)cc2)CC1. The Kier molecular flexibility index (Phi) is 8.14. The summed E-state index contributed by atoms with van der Waals surface area (Å²) in [5.74, 6) is 1.15. The number of alkyl halides is 1.